The van der Waals surface area contributed by atoms with Gasteiger partial charge in [-0.1, -0.05) is 68.2 Å². The Labute approximate surface area is 195 Å². The van der Waals surface area contributed by atoms with Crippen molar-refractivity contribution in [2.24, 2.45) is 11.1 Å². The molecule has 1 saturated heterocycles. The van der Waals surface area contributed by atoms with Gasteiger partial charge >= 0.3 is 0 Å². The molecule has 3 rings (SSSR count). The second-order valence-corrected chi connectivity index (χ2v) is 9.68. The Morgan fingerprint density at radius 3 is 2.32 bits per heavy atom. The molecule has 1 heterocycles. The van der Waals surface area contributed by atoms with Crippen LogP contribution in [0.25, 0.3) is 0 Å². The van der Waals surface area contributed by atoms with Gasteiger partial charge in [0.1, 0.15) is 0 Å². The molecule has 3 N–H and O–H groups in total. The van der Waals surface area contributed by atoms with Crippen molar-refractivity contribution in [2.75, 3.05) is 0 Å². The molecule has 0 spiro atoms. The van der Waals surface area contributed by atoms with Gasteiger partial charge in [0.05, 0.1) is 17.3 Å². The molecular weight excluding hydrogens is 429 g/mol. The van der Waals surface area contributed by atoms with Crippen molar-refractivity contribution in [3.8, 4) is 0 Å². The van der Waals surface area contributed by atoms with E-state index < -0.39 is 5.41 Å². The van der Waals surface area contributed by atoms with Crippen LogP contribution >= 0.6 is 23.2 Å². The molecule has 6 heteroatoms. The van der Waals surface area contributed by atoms with Crippen molar-refractivity contribution < 1.29 is 4.79 Å². The molecule has 0 saturated carbocycles. The Morgan fingerprint density at radius 2 is 1.77 bits per heavy atom. The predicted molar refractivity (Wildman–Crippen MR) is 129 cm³/mol. The van der Waals surface area contributed by atoms with Crippen LogP contribution < -0.4 is 5.73 Å². The van der Waals surface area contributed by atoms with Crippen molar-refractivity contribution in [1.29, 1.82) is 5.41 Å². The Hall–Kier alpha value is -2.04. The molecule has 0 radical (unpaired) electrons. The van der Waals surface area contributed by atoms with E-state index >= 15 is 0 Å². The monoisotopic (exact) mass is 459 g/mol. The highest BCUT2D eigenvalue weighted by molar-refractivity contribution is 6.30. The summed E-state index contributed by atoms with van der Waals surface area (Å²) in [5.41, 5.74) is 7.20. The number of carbonyl (C=O) groups excluding carboxylic acids is 1. The lowest BCUT2D eigenvalue weighted by atomic mass is 9.66. The Morgan fingerprint density at radius 1 is 1.13 bits per heavy atom. The van der Waals surface area contributed by atoms with Crippen LogP contribution in [0.4, 0.5) is 0 Å². The number of halogens is 2. The van der Waals surface area contributed by atoms with Crippen LogP contribution in [0.2, 0.25) is 10.0 Å². The van der Waals surface area contributed by atoms with Crippen LogP contribution in [0.5, 0.6) is 0 Å². The fourth-order valence-corrected chi connectivity index (χ4v) is 5.37. The fourth-order valence-electron chi connectivity index (χ4n) is 5.05. The number of likely N-dealkylation sites (tertiary alicyclic amines) is 1. The number of benzene rings is 2. The highest BCUT2D eigenvalue weighted by Gasteiger charge is 2.51. The van der Waals surface area contributed by atoms with Gasteiger partial charge in [0.15, 0.2) is 0 Å². The molecular formula is C25H31Cl2N3O. The maximum Gasteiger partial charge on any atom is 0.229 e. The molecule has 1 amide bonds. The van der Waals surface area contributed by atoms with Crippen molar-refractivity contribution in [3.63, 3.8) is 0 Å². The smallest absolute Gasteiger partial charge is 0.229 e. The first-order chi connectivity index (χ1) is 14.7. The third kappa shape index (κ3) is 4.91. The molecule has 2 aromatic rings. The Kier molecular flexibility index (Phi) is 7.33. The maximum absolute atomic E-state index is 14.0. The van der Waals surface area contributed by atoms with Crippen LogP contribution in [0.3, 0.4) is 0 Å². The topological polar surface area (TPSA) is 70.2 Å². The SMILES string of the molecule is CCC(CC)N1C(=O)[C@@](C)(CC(=N)N)C[C@H](c2cccc(Cl)c2)[C@H]1c1ccc(Cl)cc1. The van der Waals surface area contributed by atoms with Gasteiger partial charge < -0.3 is 10.6 Å². The summed E-state index contributed by atoms with van der Waals surface area (Å²) in [4.78, 5) is 16.0. The average molecular weight is 460 g/mol. The highest BCUT2D eigenvalue weighted by Crippen LogP contribution is 2.52. The van der Waals surface area contributed by atoms with Crippen LogP contribution in [0.15, 0.2) is 48.5 Å². The number of nitrogens with zero attached hydrogens (tertiary/aromatic N) is 1. The van der Waals surface area contributed by atoms with Gasteiger partial charge in [-0.25, -0.2) is 0 Å². The fraction of sp³-hybridized carbons (Fsp3) is 0.440. The van der Waals surface area contributed by atoms with Gasteiger partial charge in [-0.2, -0.15) is 0 Å². The van der Waals surface area contributed by atoms with Gasteiger partial charge in [0, 0.05) is 28.4 Å². The van der Waals surface area contributed by atoms with Crippen molar-refractivity contribution in [1.82, 2.24) is 4.90 Å². The number of rotatable bonds is 7. The number of piperidine rings is 1. The summed E-state index contributed by atoms with van der Waals surface area (Å²) < 4.78 is 0. The molecule has 2 aromatic carbocycles. The summed E-state index contributed by atoms with van der Waals surface area (Å²) in [6.45, 7) is 6.18. The number of carbonyl (C=O) groups is 1. The number of amidine groups is 1. The molecule has 1 aliphatic rings. The summed E-state index contributed by atoms with van der Waals surface area (Å²) in [6.07, 6.45) is 2.54. The second-order valence-electron chi connectivity index (χ2n) is 8.81. The first-order valence-corrected chi connectivity index (χ1v) is 11.6. The first-order valence-electron chi connectivity index (χ1n) is 10.9. The van der Waals surface area contributed by atoms with E-state index in [1.54, 1.807) is 0 Å². The highest BCUT2D eigenvalue weighted by atomic mass is 35.5. The van der Waals surface area contributed by atoms with E-state index in [0.29, 0.717) is 16.5 Å². The zero-order chi connectivity index (χ0) is 22.8. The predicted octanol–water partition coefficient (Wildman–Crippen LogP) is 6.57. The minimum absolute atomic E-state index is 0.0162. The van der Waals surface area contributed by atoms with E-state index in [1.165, 1.54) is 0 Å². The van der Waals surface area contributed by atoms with Gasteiger partial charge in [-0.15, -0.1) is 0 Å². The number of hydrogen-bond donors (Lipinski definition) is 2. The molecule has 3 atom stereocenters. The molecule has 1 fully saturated rings. The maximum atomic E-state index is 14.0. The Balaban J connectivity index is 2.22. The third-order valence-corrected chi connectivity index (χ3v) is 6.99. The molecule has 0 unspecified atom stereocenters. The van der Waals surface area contributed by atoms with Gasteiger partial charge in [-0.05, 0) is 54.7 Å². The third-order valence-electron chi connectivity index (χ3n) is 6.51. The summed E-state index contributed by atoms with van der Waals surface area (Å²) >= 11 is 12.5. The van der Waals surface area contributed by atoms with Crippen LogP contribution in [0, 0.1) is 10.8 Å². The lowest BCUT2D eigenvalue weighted by molar-refractivity contribution is -0.154. The zero-order valence-corrected chi connectivity index (χ0v) is 19.9. The summed E-state index contributed by atoms with van der Waals surface area (Å²) in [7, 11) is 0. The quantitative estimate of drug-likeness (QED) is 0.362. The minimum Gasteiger partial charge on any atom is -0.388 e. The number of hydrogen-bond acceptors (Lipinski definition) is 2. The van der Waals surface area contributed by atoms with Gasteiger partial charge in [0.2, 0.25) is 5.91 Å². The summed E-state index contributed by atoms with van der Waals surface area (Å²) in [6, 6.07) is 15.6. The zero-order valence-electron chi connectivity index (χ0n) is 18.4. The Bertz CT molecular complexity index is 942. The minimum atomic E-state index is -0.746. The molecule has 0 bridgehead atoms. The van der Waals surface area contributed by atoms with E-state index in [-0.39, 0.29) is 36.2 Å². The molecule has 31 heavy (non-hydrogen) atoms. The van der Waals surface area contributed by atoms with Crippen LogP contribution in [0.1, 0.15) is 69.5 Å². The first kappa shape index (κ1) is 23.6. The summed E-state index contributed by atoms with van der Waals surface area (Å²) in [5, 5.41) is 9.26. The molecule has 0 aromatic heterocycles. The largest absolute Gasteiger partial charge is 0.388 e. The molecule has 4 nitrogen and oxygen atoms in total. The molecule has 0 aliphatic carbocycles. The summed E-state index contributed by atoms with van der Waals surface area (Å²) in [5.74, 6) is 0.118. The lowest BCUT2D eigenvalue weighted by Crippen LogP contribution is -2.56. The van der Waals surface area contributed by atoms with E-state index in [9.17, 15) is 4.79 Å². The van der Waals surface area contributed by atoms with E-state index in [4.69, 9.17) is 34.3 Å². The molecule has 1 aliphatic heterocycles. The van der Waals surface area contributed by atoms with Gasteiger partial charge in [-0.3, -0.25) is 10.2 Å². The number of nitrogens with one attached hydrogen (secondary N) is 1. The normalized spacial score (nSPS) is 23.9. The standard InChI is InChI=1S/C25H31Cl2N3O/c1-4-20(5-2)30-23(16-9-11-18(26)12-10-16)21(17-7-6-8-19(27)13-17)14-25(3,24(30)31)15-22(28)29/h6-13,20-21,23H,4-5,14-15H2,1-3H3,(H3,28,29)/t21-,23-,25-/m1/s1. The van der Waals surface area contributed by atoms with Gasteiger partial charge in [0.25, 0.3) is 0 Å². The van der Waals surface area contributed by atoms with Crippen LogP contribution in [-0.4, -0.2) is 22.7 Å². The van der Waals surface area contributed by atoms with Crippen molar-refractivity contribution in [2.45, 2.75) is 64.5 Å². The average Bonchev–Trinajstić information content (AvgIpc) is 2.72. The van der Waals surface area contributed by atoms with Crippen molar-refractivity contribution in [3.05, 3.63) is 69.7 Å². The van der Waals surface area contributed by atoms with E-state index in [0.717, 1.165) is 24.0 Å². The lowest BCUT2D eigenvalue weighted by Gasteiger charge is -2.52. The molecule has 166 valence electrons. The van der Waals surface area contributed by atoms with E-state index in [1.807, 2.05) is 49.4 Å². The number of amides is 1. The van der Waals surface area contributed by atoms with Crippen molar-refractivity contribution >= 4 is 34.9 Å². The van der Waals surface area contributed by atoms with Crippen LogP contribution in [-0.2, 0) is 4.79 Å². The van der Waals surface area contributed by atoms with E-state index in [2.05, 4.69) is 24.8 Å². The second kappa shape index (κ2) is 9.62. The number of nitrogens with two attached hydrogens (primary N) is 1.